The molecule has 5 aromatic rings. The predicted molar refractivity (Wildman–Crippen MR) is 196 cm³/mol. The number of hydrogen-bond donors (Lipinski definition) is 5. The molecule has 50 heavy (non-hydrogen) atoms. The van der Waals surface area contributed by atoms with Gasteiger partial charge in [-0.3, -0.25) is 19.6 Å². The first kappa shape index (κ1) is 35.7. The fourth-order valence-corrected chi connectivity index (χ4v) is 7.10. The number of aliphatic hydroxyl groups is 1. The molecule has 5 N–H and O–H groups in total. The zero-order valence-corrected chi connectivity index (χ0v) is 29.4. The first-order chi connectivity index (χ1) is 24.2. The first-order valence-electron chi connectivity index (χ1n) is 16.1. The number of nitrogens with zero attached hydrogens (tertiary/aromatic N) is 2. The first-order valence-corrected chi connectivity index (χ1v) is 17.3. The molecule has 6 rings (SSSR count). The lowest BCUT2D eigenvalue weighted by Gasteiger charge is -2.16. The van der Waals surface area contributed by atoms with Gasteiger partial charge >= 0.3 is 5.97 Å². The van der Waals surface area contributed by atoms with Gasteiger partial charge in [0.15, 0.2) is 5.15 Å². The topological polar surface area (TPSA) is 138 Å². The summed E-state index contributed by atoms with van der Waals surface area (Å²) >= 11 is 20.6. The van der Waals surface area contributed by atoms with E-state index in [0.717, 1.165) is 57.2 Å². The van der Waals surface area contributed by atoms with Crippen LogP contribution in [0.15, 0.2) is 72.8 Å². The summed E-state index contributed by atoms with van der Waals surface area (Å²) in [7, 11) is 1.52. The van der Waals surface area contributed by atoms with Crippen molar-refractivity contribution < 1.29 is 24.5 Å². The van der Waals surface area contributed by atoms with E-state index in [1.54, 1.807) is 16.8 Å². The molecule has 0 bridgehead atoms. The molecular weight excluding hydrogens is 701 g/mol. The second kappa shape index (κ2) is 15.8. The Morgan fingerprint density at radius 3 is 2.46 bits per heavy atom. The maximum Gasteiger partial charge on any atom is 0.323 e. The fraction of sp³-hybridized carbons (Fsp3) is 0.270. The number of aliphatic carboxylic acids is 1. The number of amides is 1. The largest absolute Gasteiger partial charge is 0.496 e. The standard InChI is InChI=1S/C37H36Cl3N5O5/c1-50-32-15-24(29(38)14-23(32)17-42-30(20-46)37(48)49)19-45-31-7-3-5-27(34(31)36(40)44-45)28-6-2-4-26(35(28)39)22-10-8-21(9-11-22)16-41-18-25-12-13-33(47)43-25/h2-11,14-15,25,30,41-42,46H,12-13,16-20H2,1H3,(H,43,47)(H,48,49)/t25-,30-/m0/s1. The third-order valence-corrected chi connectivity index (χ3v) is 9.91. The van der Waals surface area contributed by atoms with Crippen molar-refractivity contribution in [3.05, 3.63) is 105 Å². The van der Waals surface area contributed by atoms with E-state index in [-0.39, 0.29) is 25.0 Å². The molecule has 1 saturated heterocycles. The zero-order chi connectivity index (χ0) is 35.4. The Kier molecular flexibility index (Phi) is 11.3. The Morgan fingerprint density at radius 1 is 1.02 bits per heavy atom. The van der Waals surface area contributed by atoms with Gasteiger partial charge in [-0.25, -0.2) is 0 Å². The highest BCUT2D eigenvalue weighted by molar-refractivity contribution is 6.38. The molecule has 0 aliphatic carbocycles. The number of fused-ring (bicyclic) bond motifs is 1. The quantitative estimate of drug-likeness (QED) is 0.0898. The van der Waals surface area contributed by atoms with E-state index in [0.29, 0.717) is 39.5 Å². The number of nitrogens with one attached hydrogen (secondary N) is 3. The molecule has 2 heterocycles. The predicted octanol–water partition coefficient (Wildman–Crippen LogP) is 6.29. The number of benzene rings is 4. The van der Waals surface area contributed by atoms with Crippen LogP contribution in [-0.4, -0.2) is 64.2 Å². The molecule has 1 fully saturated rings. The summed E-state index contributed by atoms with van der Waals surface area (Å²) in [5.41, 5.74) is 6.81. The molecule has 13 heteroatoms. The number of rotatable bonds is 14. The third-order valence-electron chi connectivity index (χ3n) is 8.88. The van der Waals surface area contributed by atoms with E-state index < -0.39 is 18.6 Å². The maximum absolute atomic E-state index is 11.5. The lowest BCUT2D eigenvalue weighted by atomic mass is 9.96. The van der Waals surface area contributed by atoms with Crippen molar-refractivity contribution in [1.29, 1.82) is 0 Å². The van der Waals surface area contributed by atoms with E-state index in [4.69, 9.17) is 39.5 Å². The molecule has 0 spiro atoms. The smallest absolute Gasteiger partial charge is 0.323 e. The van der Waals surface area contributed by atoms with Crippen molar-refractivity contribution in [2.24, 2.45) is 0 Å². The highest BCUT2D eigenvalue weighted by Gasteiger charge is 2.22. The van der Waals surface area contributed by atoms with Crippen molar-refractivity contribution in [2.45, 2.75) is 44.6 Å². The van der Waals surface area contributed by atoms with Gasteiger partial charge in [0.25, 0.3) is 0 Å². The summed E-state index contributed by atoms with van der Waals surface area (Å²) < 4.78 is 7.36. The van der Waals surface area contributed by atoms with Gasteiger partial charge in [-0.2, -0.15) is 5.10 Å². The van der Waals surface area contributed by atoms with Gasteiger partial charge in [0.2, 0.25) is 5.91 Å². The number of hydrogen-bond acceptors (Lipinski definition) is 7. The number of carbonyl (C=O) groups excluding carboxylic acids is 1. The lowest BCUT2D eigenvalue weighted by Crippen LogP contribution is -2.39. The molecule has 0 radical (unpaired) electrons. The van der Waals surface area contributed by atoms with E-state index in [1.807, 2.05) is 36.4 Å². The molecule has 1 amide bonds. The van der Waals surface area contributed by atoms with E-state index in [9.17, 15) is 19.8 Å². The maximum atomic E-state index is 11.5. The summed E-state index contributed by atoms with van der Waals surface area (Å²) in [4.78, 5) is 22.8. The van der Waals surface area contributed by atoms with Gasteiger partial charge in [-0.1, -0.05) is 89.4 Å². The second-order valence-electron chi connectivity index (χ2n) is 12.2. The molecule has 10 nitrogen and oxygen atoms in total. The van der Waals surface area contributed by atoms with Crippen LogP contribution in [0.2, 0.25) is 15.2 Å². The summed E-state index contributed by atoms with van der Waals surface area (Å²) in [6.45, 7) is 1.30. The van der Waals surface area contributed by atoms with Crippen LogP contribution < -0.4 is 20.7 Å². The molecule has 1 aromatic heterocycles. The van der Waals surface area contributed by atoms with E-state index in [2.05, 4.69) is 45.3 Å². The molecule has 2 atom stereocenters. The van der Waals surface area contributed by atoms with Gasteiger partial charge < -0.3 is 25.6 Å². The minimum atomic E-state index is -1.16. The van der Waals surface area contributed by atoms with Crippen molar-refractivity contribution in [3.8, 4) is 28.0 Å². The fourth-order valence-electron chi connectivity index (χ4n) is 6.22. The Labute approximate surface area is 304 Å². The Morgan fingerprint density at radius 2 is 1.76 bits per heavy atom. The molecule has 1 aliphatic rings. The van der Waals surface area contributed by atoms with E-state index in [1.165, 1.54) is 7.11 Å². The van der Waals surface area contributed by atoms with Crippen LogP contribution in [-0.2, 0) is 29.2 Å². The van der Waals surface area contributed by atoms with Crippen LogP contribution in [0.25, 0.3) is 33.2 Å². The zero-order valence-electron chi connectivity index (χ0n) is 27.2. The van der Waals surface area contributed by atoms with Gasteiger partial charge in [0.1, 0.15) is 11.8 Å². The number of aliphatic hydroxyl groups excluding tert-OH is 1. The van der Waals surface area contributed by atoms with Crippen molar-refractivity contribution in [3.63, 3.8) is 0 Å². The molecule has 260 valence electrons. The number of carboxylic acids is 1. The van der Waals surface area contributed by atoms with Crippen LogP contribution in [0.4, 0.5) is 0 Å². The third kappa shape index (κ3) is 7.76. The summed E-state index contributed by atoms with van der Waals surface area (Å²) in [5, 5.41) is 34.6. The molecule has 0 saturated carbocycles. The highest BCUT2D eigenvalue weighted by Crippen LogP contribution is 2.41. The Hall–Kier alpha value is -4.16. The average molecular weight is 737 g/mol. The van der Waals surface area contributed by atoms with Crippen molar-refractivity contribution >= 4 is 57.6 Å². The number of halogens is 3. The van der Waals surface area contributed by atoms with Crippen LogP contribution in [0.3, 0.4) is 0 Å². The van der Waals surface area contributed by atoms with Crippen LogP contribution in [0.5, 0.6) is 5.75 Å². The SMILES string of the molecule is COc1cc(Cn2nc(Cl)c3c(-c4cccc(-c5ccc(CNC[C@@H]6CCC(=O)N6)cc5)c4Cl)cccc32)c(Cl)cc1CN[C@@H](CO)C(=O)O. The Bertz CT molecular complexity index is 2030. The normalized spacial score (nSPS) is 15.0. The lowest BCUT2D eigenvalue weighted by molar-refractivity contribution is -0.140. The number of aromatic nitrogens is 2. The van der Waals surface area contributed by atoms with E-state index >= 15 is 0 Å². The molecule has 4 aromatic carbocycles. The van der Waals surface area contributed by atoms with Crippen molar-refractivity contribution in [2.75, 3.05) is 20.3 Å². The molecule has 1 aliphatic heterocycles. The molecular formula is C37H36Cl3N5O5. The number of methoxy groups -OCH3 is 1. The monoisotopic (exact) mass is 735 g/mol. The summed E-state index contributed by atoms with van der Waals surface area (Å²) in [6.07, 6.45) is 1.45. The Balaban J connectivity index is 1.23. The van der Waals surface area contributed by atoms with Crippen LogP contribution in [0.1, 0.15) is 29.5 Å². The number of carboxylic acid groups (broad SMARTS) is 1. The number of ether oxygens (including phenoxy) is 1. The van der Waals surface area contributed by atoms with Crippen LogP contribution in [0, 0.1) is 0 Å². The average Bonchev–Trinajstić information content (AvgIpc) is 3.67. The van der Waals surface area contributed by atoms with Gasteiger partial charge in [0, 0.05) is 59.2 Å². The van der Waals surface area contributed by atoms with Gasteiger partial charge in [-0.05, 0) is 46.9 Å². The minimum absolute atomic E-state index is 0.116. The summed E-state index contributed by atoms with van der Waals surface area (Å²) in [5.74, 6) is -0.532. The summed E-state index contributed by atoms with van der Waals surface area (Å²) in [6, 6.07) is 22.6. The number of carbonyl (C=O) groups is 2. The van der Waals surface area contributed by atoms with Gasteiger partial charge in [-0.15, -0.1) is 0 Å². The van der Waals surface area contributed by atoms with Crippen LogP contribution >= 0.6 is 34.8 Å². The minimum Gasteiger partial charge on any atom is -0.496 e. The molecule has 0 unspecified atom stereocenters. The van der Waals surface area contributed by atoms with Crippen molar-refractivity contribution in [1.82, 2.24) is 25.7 Å². The van der Waals surface area contributed by atoms with Gasteiger partial charge in [0.05, 0.1) is 30.8 Å². The highest BCUT2D eigenvalue weighted by atomic mass is 35.5. The second-order valence-corrected chi connectivity index (χ2v) is 13.3.